The number of amides is 1. The summed E-state index contributed by atoms with van der Waals surface area (Å²) in [6.45, 7) is 5.83. The molecular formula is C17H24N4O2. The zero-order chi connectivity index (χ0) is 16.2. The van der Waals surface area contributed by atoms with Gasteiger partial charge in [-0.25, -0.2) is 0 Å². The van der Waals surface area contributed by atoms with E-state index >= 15 is 0 Å². The molecule has 0 radical (unpaired) electrons. The second-order valence-electron chi connectivity index (χ2n) is 6.45. The van der Waals surface area contributed by atoms with Crippen molar-refractivity contribution in [2.75, 3.05) is 13.1 Å². The normalized spacial score (nSPS) is 18.6. The van der Waals surface area contributed by atoms with Gasteiger partial charge < -0.3 is 13.9 Å². The largest absolute Gasteiger partial charge is 0.469 e. The lowest BCUT2D eigenvalue weighted by Gasteiger charge is -2.32. The van der Waals surface area contributed by atoms with Crippen LogP contribution in [0.3, 0.4) is 0 Å². The molecule has 1 fully saturated rings. The van der Waals surface area contributed by atoms with E-state index in [4.69, 9.17) is 4.42 Å². The standard InChI is InChI=1S/C17H24N4O2/c1-13(2)21-12-18-19-17(21)14-5-3-9-20(11-14)16(22)8-7-15-6-4-10-23-15/h4,6,10,12-14H,3,5,7-9,11H2,1-2H3. The molecular weight excluding hydrogens is 292 g/mol. The van der Waals surface area contributed by atoms with Gasteiger partial charge in [-0.1, -0.05) is 0 Å². The van der Waals surface area contributed by atoms with E-state index in [2.05, 4.69) is 28.6 Å². The zero-order valence-corrected chi connectivity index (χ0v) is 13.8. The number of aryl methyl sites for hydroxylation is 1. The zero-order valence-electron chi connectivity index (χ0n) is 13.8. The predicted octanol–water partition coefficient (Wildman–Crippen LogP) is 2.79. The van der Waals surface area contributed by atoms with Crippen molar-refractivity contribution in [2.24, 2.45) is 0 Å². The molecule has 0 aliphatic carbocycles. The molecule has 2 aromatic rings. The molecule has 0 saturated carbocycles. The maximum Gasteiger partial charge on any atom is 0.223 e. The minimum atomic E-state index is 0.196. The molecule has 3 heterocycles. The van der Waals surface area contributed by atoms with Gasteiger partial charge in [0.25, 0.3) is 0 Å². The van der Waals surface area contributed by atoms with Crippen LogP contribution in [0.5, 0.6) is 0 Å². The number of furan rings is 1. The third-order valence-corrected chi connectivity index (χ3v) is 4.46. The maximum atomic E-state index is 12.5. The van der Waals surface area contributed by atoms with Crippen LogP contribution in [0.2, 0.25) is 0 Å². The number of likely N-dealkylation sites (tertiary alicyclic amines) is 1. The average molecular weight is 316 g/mol. The van der Waals surface area contributed by atoms with E-state index in [1.807, 2.05) is 17.0 Å². The van der Waals surface area contributed by atoms with Crippen LogP contribution in [-0.4, -0.2) is 38.7 Å². The SMILES string of the molecule is CC(C)n1cnnc1C1CCCN(C(=O)CCc2ccco2)C1. The first-order valence-electron chi connectivity index (χ1n) is 8.34. The number of rotatable bonds is 5. The fraction of sp³-hybridized carbons (Fsp3) is 0.588. The molecule has 6 nitrogen and oxygen atoms in total. The Morgan fingerprint density at radius 3 is 3.09 bits per heavy atom. The second kappa shape index (κ2) is 6.98. The number of nitrogens with zero attached hydrogens (tertiary/aromatic N) is 4. The van der Waals surface area contributed by atoms with Crippen LogP contribution in [0, 0.1) is 0 Å². The Kier molecular flexibility index (Phi) is 4.79. The molecule has 1 amide bonds. The molecule has 1 unspecified atom stereocenters. The van der Waals surface area contributed by atoms with Crippen molar-refractivity contribution in [3.05, 3.63) is 36.3 Å². The van der Waals surface area contributed by atoms with Crippen molar-refractivity contribution in [1.29, 1.82) is 0 Å². The maximum absolute atomic E-state index is 12.5. The van der Waals surface area contributed by atoms with Crippen LogP contribution in [0.25, 0.3) is 0 Å². The third-order valence-electron chi connectivity index (χ3n) is 4.46. The van der Waals surface area contributed by atoms with Crippen LogP contribution in [0.4, 0.5) is 0 Å². The van der Waals surface area contributed by atoms with Crippen LogP contribution >= 0.6 is 0 Å². The highest BCUT2D eigenvalue weighted by molar-refractivity contribution is 5.76. The fourth-order valence-electron chi connectivity index (χ4n) is 3.20. The summed E-state index contributed by atoms with van der Waals surface area (Å²) >= 11 is 0. The number of aromatic nitrogens is 3. The van der Waals surface area contributed by atoms with Gasteiger partial charge >= 0.3 is 0 Å². The third kappa shape index (κ3) is 3.63. The molecule has 23 heavy (non-hydrogen) atoms. The number of hydrogen-bond donors (Lipinski definition) is 0. The lowest BCUT2D eigenvalue weighted by atomic mass is 9.96. The summed E-state index contributed by atoms with van der Waals surface area (Å²) in [5.41, 5.74) is 0. The van der Waals surface area contributed by atoms with E-state index in [1.54, 1.807) is 12.6 Å². The minimum Gasteiger partial charge on any atom is -0.469 e. The Labute approximate surface area is 136 Å². The Morgan fingerprint density at radius 2 is 2.35 bits per heavy atom. The van der Waals surface area contributed by atoms with Gasteiger partial charge in [0.1, 0.15) is 17.9 Å². The predicted molar refractivity (Wildman–Crippen MR) is 86.0 cm³/mol. The summed E-state index contributed by atoms with van der Waals surface area (Å²) in [5.74, 6) is 2.35. The molecule has 1 atom stereocenters. The van der Waals surface area contributed by atoms with Gasteiger partial charge in [-0.2, -0.15) is 0 Å². The number of piperidine rings is 1. The van der Waals surface area contributed by atoms with E-state index in [9.17, 15) is 4.79 Å². The first kappa shape index (κ1) is 15.8. The number of carbonyl (C=O) groups excluding carboxylic acids is 1. The van der Waals surface area contributed by atoms with Gasteiger partial charge in [0.2, 0.25) is 5.91 Å². The molecule has 3 rings (SSSR count). The van der Waals surface area contributed by atoms with E-state index in [0.29, 0.717) is 18.9 Å². The highest BCUT2D eigenvalue weighted by Crippen LogP contribution is 2.27. The molecule has 124 valence electrons. The Hall–Kier alpha value is -2.11. The summed E-state index contributed by atoms with van der Waals surface area (Å²) < 4.78 is 7.41. The van der Waals surface area contributed by atoms with Gasteiger partial charge in [0, 0.05) is 37.9 Å². The first-order chi connectivity index (χ1) is 11.1. The first-order valence-corrected chi connectivity index (χ1v) is 8.34. The van der Waals surface area contributed by atoms with Crippen LogP contribution in [-0.2, 0) is 11.2 Å². The van der Waals surface area contributed by atoms with Crippen LogP contribution in [0.15, 0.2) is 29.1 Å². The van der Waals surface area contributed by atoms with Gasteiger partial charge in [-0.3, -0.25) is 4.79 Å². The van der Waals surface area contributed by atoms with Gasteiger partial charge in [-0.15, -0.1) is 10.2 Å². The topological polar surface area (TPSA) is 64.2 Å². The van der Waals surface area contributed by atoms with E-state index in [0.717, 1.165) is 37.5 Å². The van der Waals surface area contributed by atoms with E-state index < -0.39 is 0 Å². The molecule has 1 saturated heterocycles. The Bertz CT molecular complexity index is 633. The average Bonchev–Trinajstić information content (AvgIpc) is 3.24. The van der Waals surface area contributed by atoms with Crippen molar-refractivity contribution in [3.63, 3.8) is 0 Å². The van der Waals surface area contributed by atoms with Gasteiger partial charge in [-0.05, 0) is 38.8 Å². The molecule has 2 aromatic heterocycles. The quantitative estimate of drug-likeness (QED) is 0.851. The van der Waals surface area contributed by atoms with Crippen molar-refractivity contribution in [3.8, 4) is 0 Å². The fourth-order valence-corrected chi connectivity index (χ4v) is 3.20. The van der Waals surface area contributed by atoms with Crippen molar-refractivity contribution in [2.45, 2.75) is 51.5 Å². The highest BCUT2D eigenvalue weighted by atomic mass is 16.3. The molecule has 0 bridgehead atoms. The number of hydrogen-bond acceptors (Lipinski definition) is 4. The second-order valence-corrected chi connectivity index (χ2v) is 6.45. The summed E-state index contributed by atoms with van der Waals surface area (Å²) in [6, 6.07) is 4.11. The molecule has 1 aliphatic heterocycles. The van der Waals surface area contributed by atoms with Crippen molar-refractivity contribution < 1.29 is 9.21 Å². The van der Waals surface area contributed by atoms with E-state index in [1.165, 1.54) is 0 Å². The molecule has 0 spiro atoms. The minimum absolute atomic E-state index is 0.196. The summed E-state index contributed by atoms with van der Waals surface area (Å²) in [5, 5.41) is 8.36. The summed E-state index contributed by atoms with van der Waals surface area (Å²) in [6.07, 6.45) is 6.68. The Morgan fingerprint density at radius 1 is 1.48 bits per heavy atom. The smallest absolute Gasteiger partial charge is 0.223 e. The molecule has 0 N–H and O–H groups in total. The van der Waals surface area contributed by atoms with Crippen molar-refractivity contribution >= 4 is 5.91 Å². The highest BCUT2D eigenvalue weighted by Gasteiger charge is 2.28. The lowest BCUT2D eigenvalue weighted by Crippen LogP contribution is -2.40. The molecule has 0 aromatic carbocycles. The number of carbonyl (C=O) groups is 1. The molecule has 1 aliphatic rings. The van der Waals surface area contributed by atoms with Gasteiger partial charge in [0.15, 0.2) is 0 Å². The van der Waals surface area contributed by atoms with Crippen LogP contribution < -0.4 is 0 Å². The summed E-state index contributed by atoms with van der Waals surface area (Å²) in [4.78, 5) is 14.4. The summed E-state index contributed by atoms with van der Waals surface area (Å²) in [7, 11) is 0. The Balaban J connectivity index is 1.61. The lowest BCUT2D eigenvalue weighted by molar-refractivity contribution is -0.132. The van der Waals surface area contributed by atoms with E-state index in [-0.39, 0.29) is 11.8 Å². The molecule has 6 heteroatoms. The van der Waals surface area contributed by atoms with Crippen LogP contribution in [0.1, 0.15) is 56.7 Å². The van der Waals surface area contributed by atoms with Crippen molar-refractivity contribution in [1.82, 2.24) is 19.7 Å². The van der Waals surface area contributed by atoms with Gasteiger partial charge in [0.05, 0.1) is 6.26 Å². The monoisotopic (exact) mass is 316 g/mol.